The minimum Gasteiger partial charge on any atom is -0.393 e. The van der Waals surface area contributed by atoms with E-state index in [-0.39, 0.29) is 12.0 Å². The molecule has 1 aliphatic rings. The molecule has 0 bridgehead atoms. The van der Waals surface area contributed by atoms with Crippen molar-refractivity contribution in [2.24, 2.45) is 13.0 Å². The highest BCUT2D eigenvalue weighted by Crippen LogP contribution is 2.26. The molecule has 0 aliphatic carbocycles. The molecule has 2 atom stereocenters. The Bertz CT molecular complexity index is 392. The number of aryl methyl sites for hydroxylation is 2. The van der Waals surface area contributed by atoms with Crippen LogP contribution in [0.1, 0.15) is 24.7 Å². The molecule has 4 nitrogen and oxygen atoms in total. The third-order valence-corrected chi connectivity index (χ3v) is 3.83. The fourth-order valence-electron chi connectivity index (χ4n) is 2.27. The maximum Gasteiger partial charge on any atom is 0.0849 e. The summed E-state index contributed by atoms with van der Waals surface area (Å²) in [7, 11) is 1.90. The van der Waals surface area contributed by atoms with Gasteiger partial charge in [0.15, 0.2) is 0 Å². The van der Waals surface area contributed by atoms with Crippen LogP contribution >= 0.6 is 11.6 Å². The van der Waals surface area contributed by atoms with Crippen LogP contribution in [0.5, 0.6) is 0 Å². The van der Waals surface area contributed by atoms with E-state index in [4.69, 9.17) is 16.3 Å². The maximum atomic E-state index is 9.92. The Morgan fingerprint density at radius 3 is 2.94 bits per heavy atom. The number of aromatic nitrogens is 2. The summed E-state index contributed by atoms with van der Waals surface area (Å²) in [6, 6.07) is 0. The molecule has 1 aromatic heterocycles. The summed E-state index contributed by atoms with van der Waals surface area (Å²) in [5, 5.41) is 15.0. The first-order chi connectivity index (χ1) is 8.13. The Hall–Kier alpha value is -0.580. The van der Waals surface area contributed by atoms with Gasteiger partial charge in [0.1, 0.15) is 0 Å². The van der Waals surface area contributed by atoms with Crippen LogP contribution in [0, 0.1) is 5.92 Å². The average molecular weight is 259 g/mol. The molecule has 0 radical (unpaired) electrons. The summed E-state index contributed by atoms with van der Waals surface area (Å²) >= 11 is 6.29. The van der Waals surface area contributed by atoms with Crippen molar-refractivity contribution in [2.45, 2.75) is 32.3 Å². The van der Waals surface area contributed by atoms with Gasteiger partial charge in [-0.1, -0.05) is 18.5 Å². The van der Waals surface area contributed by atoms with Gasteiger partial charge >= 0.3 is 0 Å². The van der Waals surface area contributed by atoms with Gasteiger partial charge < -0.3 is 9.84 Å². The highest BCUT2D eigenvalue weighted by molar-refractivity contribution is 6.31. The van der Waals surface area contributed by atoms with Crippen LogP contribution in [0.4, 0.5) is 0 Å². The Balaban J connectivity index is 2.14. The summed E-state index contributed by atoms with van der Waals surface area (Å²) in [6.07, 6.45) is 1.97. The predicted molar refractivity (Wildman–Crippen MR) is 66.2 cm³/mol. The smallest absolute Gasteiger partial charge is 0.0849 e. The van der Waals surface area contributed by atoms with E-state index in [0.29, 0.717) is 19.6 Å². The number of aliphatic hydroxyl groups excluding tert-OH is 1. The van der Waals surface area contributed by atoms with Gasteiger partial charge in [-0.2, -0.15) is 5.10 Å². The van der Waals surface area contributed by atoms with Crippen molar-refractivity contribution >= 4 is 11.6 Å². The van der Waals surface area contributed by atoms with E-state index in [1.54, 1.807) is 0 Å². The van der Waals surface area contributed by atoms with Crippen LogP contribution in [0.3, 0.4) is 0 Å². The number of ether oxygens (including phenoxy) is 1. The Labute approximate surface area is 107 Å². The minimum atomic E-state index is -0.292. The fourth-order valence-corrected chi connectivity index (χ4v) is 2.64. The molecule has 1 aliphatic heterocycles. The molecule has 96 valence electrons. The van der Waals surface area contributed by atoms with Gasteiger partial charge in [0.2, 0.25) is 0 Å². The van der Waals surface area contributed by atoms with Crippen LogP contribution in [-0.4, -0.2) is 34.2 Å². The number of aliphatic hydroxyl groups is 1. The highest BCUT2D eigenvalue weighted by atomic mass is 35.5. The third-order valence-electron chi connectivity index (χ3n) is 3.39. The van der Waals surface area contributed by atoms with E-state index in [1.807, 2.05) is 18.7 Å². The summed E-state index contributed by atoms with van der Waals surface area (Å²) in [6.45, 7) is 3.29. The lowest BCUT2D eigenvalue weighted by Crippen LogP contribution is -2.33. The van der Waals surface area contributed by atoms with Crippen LogP contribution < -0.4 is 0 Å². The molecule has 1 saturated heterocycles. The molecule has 2 rings (SSSR count). The number of halogens is 1. The van der Waals surface area contributed by atoms with E-state index in [1.165, 1.54) is 0 Å². The fraction of sp³-hybridized carbons (Fsp3) is 0.750. The molecule has 0 amide bonds. The molecule has 2 unspecified atom stereocenters. The Morgan fingerprint density at radius 2 is 2.35 bits per heavy atom. The second-order valence-corrected chi connectivity index (χ2v) is 4.96. The summed E-state index contributed by atoms with van der Waals surface area (Å²) in [5.41, 5.74) is 1.92. The second-order valence-electron chi connectivity index (χ2n) is 4.58. The molecular weight excluding hydrogens is 240 g/mol. The van der Waals surface area contributed by atoms with E-state index in [2.05, 4.69) is 5.10 Å². The normalized spacial score (nSPS) is 25.2. The van der Waals surface area contributed by atoms with Crippen LogP contribution in [0.2, 0.25) is 5.02 Å². The number of hydrogen-bond acceptors (Lipinski definition) is 3. The molecule has 1 fully saturated rings. The Kier molecular flexibility index (Phi) is 4.07. The summed E-state index contributed by atoms with van der Waals surface area (Å²) in [5.74, 6) is 0.126. The zero-order valence-corrected chi connectivity index (χ0v) is 11.1. The van der Waals surface area contributed by atoms with Crippen molar-refractivity contribution in [1.29, 1.82) is 0 Å². The number of rotatable bonds is 3. The van der Waals surface area contributed by atoms with Gasteiger partial charge in [-0.25, -0.2) is 0 Å². The zero-order valence-electron chi connectivity index (χ0n) is 10.3. The molecule has 17 heavy (non-hydrogen) atoms. The van der Waals surface area contributed by atoms with Gasteiger partial charge in [-0.3, -0.25) is 4.68 Å². The summed E-state index contributed by atoms with van der Waals surface area (Å²) < 4.78 is 7.23. The molecular formula is C12H19ClN2O2. The first kappa shape index (κ1) is 12.9. The molecule has 0 aromatic carbocycles. The van der Waals surface area contributed by atoms with E-state index < -0.39 is 0 Å². The number of nitrogens with zero attached hydrogens (tertiary/aromatic N) is 2. The zero-order chi connectivity index (χ0) is 12.4. The van der Waals surface area contributed by atoms with Gasteiger partial charge in [-0.15, -0.1) is 0 Å². The minimum absolute atomic E-state index is 0.126. The SMILES string of the molecule is CCc1nn(C)c(CC2COCCC2O)c1Cl. The first-order valence-corrected chi connectivity index (χ1v) is 6.47. The van der Waals surface area contributed by atoms with E-state index in [0.717, 1.165) is 29.3 Å². The van der Waals surface area contributed by atoms with E-state index in [9.17, 15) is 5.11 Å². The molecule has 1 aromatic rings. The lowest BCUT2D eigenvalue weighted by Gasteiger charge is -2.27. The third kappa shape index (κ3) is 2.64. The molecule has 5 heteroatoms. The van der Waals surface area contributed by atoms with Gasteiger partial charge in [0.25, 0.3) is 0 Å². The maximum absolute atomic E-state index is 9.92. The van der Waals surface area contributed by atoms with Crippen molar-refractivity contribution in [2.75, 3.05) is 13.2 Å². The summed E-state index contributed by atoms with van der Waals surface area (Å²) in [4.78, 5) is 0. The van der Waals surface area contributed by atoms with Crippen molar-refractivity contribution in [1.82, 2.24) is 9.78 Å². The van der Waals surface area contributed by atoms with E-state index >= 15 is 0 Å². The quantitative estimate of drug-likeness (QED) is 0.896. The van der Waals surface area contributed by atoms with Crippen LogP contribution in [0.15, 0.2) is 0 Å². The van der Waals surface area contributed by atoms with Crippen LogP contribution in [0.25, 0.3) is 0 Å². The van der Waals surface area contributed by atoms with Crippen molar-refractivity contribution < 1.29 is 9.84 Å². The standard InChI is InChI=1S/C12H19ClN2O2/c1-3-9-12(13)10(15(2)14-9)6-8-7-17-5-4-11(8)16/h8,11,16H,3-7H2,1-2H3. The highest BCUT2D eigenvalue weighted by Gasteiger charge is 2.26. The van der Waals surface area contributed by atoms with Crippen molar-refractivity contribution in [3.63, 3.8) is 0 Å². The van der Waals surface area contributed by atoms with Gasteiger partial charge in [-0.05, 0) is 19.3 Å². The molecule has 0 spiro atoms. The van der Waals surface area contributed by atoms with Crippen molar-refractivity contribution in [3.05, 3.63) is 16.4 Å². The largest absolute Gasteiger partial charge is 0.393 e. The van der Waals surface area contributed by atoms with Gasteiger partial charge in [0, 0.05) is 19.6 Å². The lowest BCUT2D eigenvalue weighted by molar-refractivity contribution is -0.0356. The topological polar surface area (TPSA) is 47.3 Å². The Morgan fingerprint density at radius 1 is 1.59 bits per heavy atom. The lowest BCUT2D eigenvalue weighted by atomic mass is 9.93. The molecule has 0 saturated carbocycles. The van der Waals surface area contributed by atoms with Crippen LogP contribution in [-0.2, 0) is 24.6 Å². The predicted octanol–water partition coefficient (Wildman–Crippen LogP) is 1.58. The van der Waals surface area contributed by atoms with Gasteiger partial charge in [0.05, 0.1) is 29.1 Å². The molecule has 2 heterocycles. The molecule has 1 N–H and O–H groups in total. The number of hydrogen-bond donors (Lipinski definition) is 1. The van der Waals surface area contributed by atoms with Crippen molar-refractivity contribution in [3.8, 4) is 0 Å². The average Bonchev–Trinajstić information content (AvgIpc) is 2.59. The second kappa shape index (κ2) is 5.38. The first-order valence-electron chi connectivity index (χ1n) is 6.09. The monoisotopic (exact) mass is 258 g/mol.